The first-order valence-corrected chi connectivity index (χ1v) is 4.00. The van der Waals surface area contributed by atoms with Crippen molar-refractivity contribution in [1.82, 2.24) is 0 Å². The van der Waals surface area contributed by atoms with Crippen LogP contribution in [0.15, 0.2) is 0 Å². The van der Waals surface area contributed by atoms with Crippen LogP contribution in [0.3, 0.4) is 0 Å². The number of ether oxygens (including phenoxy) is 1. The van der Waals surface area contributed by atoms with Crippen molar-refractivity contribution in [3.05, 3.63) is 0 Å². The molecule has 0 bridgehead atoms. The van der Waals surface area contributed by atoms with Gasteiger partial charge in [0.2, 0.25) is 6.29 Å². The van der Waals surface area contributed by atoms with Gasteiger partial charge in [0.25, 0.3) is 0 Å². The number of rotatable bonds is 1. The summed E-state index contributed by atoms with van der Waals surface area (Å²) >= 11 is 0. The van der Waals surface area contributed by atoms with Crippen molar-refractivity contribution in [1.29, 1.82) is 0 Å². The van der Waals surface area contributed by atoms with E-state index in [1.807, 2.05) is 6.92 Å². The molecule has 0 unspecified atom stereocenters. The normalized spacial score (nSPS) is 44.2. The third-order valence-electron chi connectivity index (χ3n) is 2.84. The van der Waals surface area contributed by atoms with E-state index in [2.05, 4.69) is 0 Å². The average Bonchev–Trinajstić information content (AvgIpc) is 2.63. The van der Waals surface area contributed by atoms with E-state index >= 15 is 0 Å². The molecule has 3 nitrogen and oxygen atoms in total. The van der Waals surface area contributed by atoms with Crippen LogP contribution in [0.4, 0.5) is 0 Å². The van der Waals surface area contributed by atoms with Gasteiger partial charge in [0.15, 0.2) is 0 Å². The monoisotopic (exact) mass is 156 g/mol. The zero-order valence-corrected chi connectivity index (χ0v) is 6.54. The van der Waals surface area contributed by atoms with Gasteiger partial charge in [0.1, 0.15) is 0 Å². The third kappa shape index (κ3) is 0.948. The van der Waals surface area contributed by atoms with Gasteiger partial charge >= 0.3 is 5.97 Å². The lowest BCUT2D eigenvalue weighted by molar-refractivity contribution is -0.161. The molecular formula is C8H12O3. The fraction of sp³-hybridized carbons (Fsp3) is 0.875. The van der Waals surface area contributed by atoms with Crippen molar-refractivity contribution in [2.45, 2.75) is 32.5 Å². The second kappa shape index (κ2) is 1.97. The van der Waals surface area contributed by atoms with Crippen LogP contribution in [0.1, 0.15) is 26.2 Å². The average molecular weight is 156 g/mol. The zero-order chi connectivity index (χ0) is 8.06. The number of cyclic esters (lactones) is 1. The summed E-state index contributed by atoms with van der Waals surface area (Å²) in [5.74, 6) is 0.246. The van der Waals surface area contributed by atoms with Crippen LogP contribution in [0.2, 0.25) is 0 Å². The Balaban J connectivity index is 2.17. The minimum Gasteiger partial charge on any atom is -0.435 e. The molecule has 1 saturated heterocycles. The number of hydrogen-bond donors (Lipinski definition) is 1. The van der Waals surface area contributed by atoms with E-state index < -0.39 is 6.29 Å². The van der Waals surface area contributed by atoms with Crippen LogP contribution in [0, 0.1) is 11.3 Å². The quantitative estimate of drug-likeness (QED) is 0.567. The molecule has 2 fully saturated rings. The van der Waals surface area contributed by atoms with Crippen molar-refractivity contribution in [2.24, 2.45) is 11.3 Å². The summed E-state index contributed by atoms with van der Waals surface area (Å²) in [6, 6.07) is 0. The molecule has 1 N–H and O–H groups in total. The maximum Gasteiger partial charge on any atom is 0.308 e. The fourth-order valence-electron chi connectivity index (χ4n) is 1.79. The minimum atomic E-state index is -0.859. The van der Waals surface area contributed by atoms with E-state index in [9.17, 15) is 9.90 Å². The SMILES string of the molecule is C[C@@]1(C2CC2)CC(=O)O[C@@H]1O. The molecule has 11 heavy (non-hydrogen) atoms. The van der Waals surface area contributed by atoms with Crippen molar-refractivity contribution in [3.8, 4) is 0 Å². The van der Waals surface area contributed by atoms with E-state index in [1.165, 1.54) is 0 Å². The summed E-state index contributed by atoms with van der Waals surface area (Å²) in [4.78, 5) is 10.8. The second-order valence-corrected chi connectivity index (χ2v) is 3.80. The molecule has 1 aliphatic heterocycles. The molecule has 0 aromatic rings. The van der Waals surface area contributed by atoms with Gasteiger partial charge in [-0.2, -0.15) is 0 Å². The van der Waals surface area contributed by atoms with E-state index in [0.29, 0.717) is 12.3 Å². The molecule has 0 amide bonds. The number of carbonyl (C=O) groups is 1. The molecule has 3 heteroatoms. The van der Waals surface area contributed by atoms with Crippen LogP contribution >= 0.6 is 0 Å². The molecule has 62 valence electrons. The largest absolute Gasteiger partial charge is 0.435 e. The number of esters is 1. The Morgan fingerprint density at radius 1 is 1.64 bits per heavy atom. The second-order valence-electron chi connectivity index (χ2n) is 3.80. The Morgan fingerprint density at radius 2 is 2.27 bits per heavy atom. The van der Waals surface area contributed by atoms with Crippen molar-refractivity contribution in [2.75, 3.05) is 0 Å². The van der Waals surface area contributed by atoms with E-state index in [4.69, 9.17) is 4.74 Å². The summed E-state index contributed by atoms with van der Waals surface area (Å²) in [5.41, 5.74) is -0.281. The Morgan fingerprint density at radius 3 is 2.64 bits per heavy atom. The molecule has 1 aliphatic carbocycles. The van der Waals surface area contributed by atoms with Crippen molar-refractivity contribution >= 4 is 5.97 Å². The standard InChI is InChI=1S/C8H12O3/c1-8(5-2-3-5)4-6(9)11-7(8)10/h5,7,10H,2-4H2,1H3/t7-,8-/m0/s1. The topological polar surface area (TPSA) is 46.5 Å². The van der Waals surface area contributed by atoms with Gasteiger partial charge in [-0.15, -0.1) is 0 Å². The highest BCUT2D eigenvalue weighted by Gasteiger charge is 2.53. The lowest BCUT2D eigenvalue weighted by Crippen LogP contribution is -2.29. The lowest BCUT2D eigenvalue weighted by atomic mass is 9.83. The number of carbonyl (C=O) groups excluding carboxylic acids is 1. The smallest absolute Gasteiger partial charge is 0.308 e. The maximum absolute atomic E-state index is 10.8. The van der Waals surface area contributed by atoms with E-state index in [1.54, 1.807) is 0 Å². The Kier molecular flexibility index (Phi) is 1.27. The van der Waals surface area contributed by atoms with Crippen LogP contribution in [-0.4, -0.2) is 17.4 Å². The summed E-state index contributed by atoms with van der Waals surface area (Å²) in [6.07, 6.45) is 1.79. The summed E-state index contributed by atoms with van der Waals surface area (Å²) in [7, 11) is 0. The summed E-state index contributed by atoms with van der Waals surface area (Å²) in [6.45, 7) is 1.93. The highest BCUT2D eigenvalue weighted by atomic mass is 16.6. The van der Waals surface area contributed by atoms with Crippen LogP contribution in [-0.2, 0) is 9.53 Å². The highest BCUT2D eigenvalue weighted by molar-refractivity contribution is 5.72. The molecule has 0 aromatic carbocycles. The summed E-state index contributed by atoms with van der Waals surface area (Å²) in [5, 5.41) is 9.39. The van der Waals surface area contributed by atoms with E-state index in [0.717, 1.165) is 12.8 Å². The third-order valence-corrected chi connectivity index (χ3v) is 2.84. The van der Waals surface area contributed by atoms with Crippen molar-refractivity contribution < 1.29 is 14.6 Å². The Bertz CT molecular complexity index is 198. The van der Waals surface area contributed by atoms with Crippen LogP contribution in [0.5, 0.6) is 0 Å². The molecule has 0 aromatic heterocycles. The van der Waals surface area contributed by atoms with Gasteiger partial charge in [-0.05, 0) is 18.8 Å². The Labute approximate surface area is 65.4 Å². The number of aliphatic hydroxyl groups is 1. The first-order chi connectivity index (χ1) is 5.13. The maximum atomic E-state index is 10.8. The zero-order valence-electron chi connectivity index (χ0n) is 6.54. The predicted octanol–water partition coefficient (Wildman–Crippen LogP) is 0.668. The lowest BCUT2D eigenvalue weighted by Gasteiger charge is -2.23. The first kappa shape index (κ1) is 7.10. The van der Waals surface area contributed by atoms with Gasteiger partial charge in [-0.3, -0.25) is 4.79 Å². The van der Waals surface area contributed by atoms with Gasteiger partial charge in [-0.25, -0.2) is 0 Å². The van der Waals surface area contributed by atoms with Gasteiger partial charge in [-0.1, -0.05) is 6.92 Å². The summed E-state index contributed by atoms with van der Waals surface area (Å²) < 4.78 is 4.69. The molecule has 1 saturated carbocycles. The molecule has 2 atom stereocenters. The Hall–Kier alpha value is -0.570. The van der Waals surface area contributed by atoms with Gasteiger partial charge < -0.3 is 9.84 Å². The fourth-order valence-corrected chi connectivity index (χ4v) is 1.79. The molecule has 2 aliphatic rings. The molecule has 0 spiro atoms. The van der Waals surface area contributed by atoms with Crippen LogP contribution < -0.4 is 0 Å². The molecule has 0 radical (unpaired) electrons. The first-order valence-electron chi connectivity index (χ1n) is 4.00. The predicted molar refractivity (Wildman–Crippen MR) is 37.5 cm³/mol. The highest BCUT2D eigenvalue weighted by Crippen LogP contribution is 2.52. The van der Waals surface area contributed by atoms with Gasteiger partial charge in [0.05, 0.1) is 6.42 Å². The molecule has 1 heterocycles. The minimum absolute atomic E-state index is 0.257. The van der Waals surface area contributed by atoms with Crippen LogP contribution in [0.25, 0.3) is 0 Å². The van der Waals surface area contributed by atoms with E-state index in [-0.39, 0.29) is 11.4 Å². The van der Waals surface area contributed by atoms with Crippen molar-refractivity contribution in [3.63, 3.8) is 0 Å². The number of hydrogen-bond acceptors (Lipinski definition) is 3. The molecule has 2 rings (SSSR count). The molecular weight excluding hydrogens is 144 g/mol. The number of aliphatic hydroxyl groups excluding tert-OH is 1. The van der Waals surface area contributed by atoms with Gasteiger partial charge in [0, 0.05) is 5.41 Å².